The minimum absolute atomic E-state index is 0.924. The Labute approximate surface area is 56.2 Å². The quantitative estimate of drug-likeness (QED) is 0.541. The fraction of sp³-hybridized carbons (Fsp3) is 0.857. The highest BCUT2D eigenvalue weighted by Crippen LogP contribution is 2.28. The smallest absolute Gasteiger partial charge is 0.0502 e. The van der Waals surface area contributed by atoms with Crippen molar-refractivity contribution in [3.05, 3.63) is 5.88 Å². The summed E-state index contributed by atoms with van der Waals surface area (Å²) in [5.74, 6) is 2.70. The van der Waals surface area contributed by atoms with Gasteiger partial charge in [-0.15, -0.1) is 11.6 Å². The standard InChI is InChI=1S/C7H12Cl/c8-6-5-7-3-1-2-4-7/h6-7H,1-5H2. The number of hydrogen-bond acceptors (Lipinski definition) is 0. The zero-order valence-electron chi connectivity index (χ0n) is 5.07. The predicted octanol–water partition coefficient (Wildman–Crippen LogP) is 2.97. The molecule has 1 aliphatic carbocycles. The van der Waals surface area contributed by atoms with Crippen molar-refractivity contribution in [1.82, 2.24) is 0 Å². The maximum absolute atomic E-state index is 5.46. The first-order valence-electron chi connectivity index (χ1n) is 3.35. The summed E-state index contributed by atoms with van der Waals surface area (Å²) in [6, 6.07) is 0. The third-order valence-electron chi connectivity index (χ3n) is 1.90. The van der Waals surface area contributed by atoms with Crippen LogP contribution in [0, 0.1) is 11.8 Å². The average Bonchev–Trinajstić information content (AvgIpc) is 2.19. The van der Waals surface area contributed by atoms with Gasteiger partial charge < -0.3 is 0 Å². The molecule has 0 atom stereocenters. The van der Waals surface area contributed by atoms with E-state index in [2.05, 4.69) is 0 Å². The van der Waals surface area contributed by atoms with E-state index < -0.39 is 0 Å². The van der Waals surface area contributed by atoms with Crippen molar-refractivity contribution in [1.29, 1.82) is 0 Å². The molecule has 0 N–H and O–H groups in total. The lowest BCUT2D eigenvalue weighted by atomic mass is 10.1. The van der Waals surface area contributed by atoms with Gasteiger partial charge >= 0.3 is 0 Å². The molecule has 8 heavy (non-hydrogen) atoms. The SMILES string of the molecule is Cl[CH]CC1CCCC1. The summed E-state index contributed by atoms with van der Waals surface area (Å²) in [5.41, 5.74) is 0. The molecule has 0 aromatic carbocycles. The minimum atomic E-state index is 0.924. The van der Waals surface area contributed by atoms with Crippen LogP contribution in [0.5, 0.6) is 0 Å². The number of halogens is 1. The van der Waals surface area contributed by atoms with Crippen LogP contribution in [0.1, 0.15) is 32.1 Å². The Morgan fingerprint density at radius 3 is 2.50 bits per heavy atom. The molecule has 1 saturated carbocycles. The molecule has 0 saturated heterocycles. The fourth-order valence-corrected chi connectivity index (χ4v) is 1.62. The van der Waals surface area contributed by atoms with Crippen LogP contribution >= 0.6 is 11.6 Å². The van der Waals surface area contributed by atoms with Gasteiger partial charge in [0.25, 0.3) is 0 Å². The third kappa shape index (κ3) is 1.66. The van der Waals surface area contributed by atoms with E-state index in [1.165, 1.54) is 25.7 Å². The van der Waals surface area contributed by atoms with E-state index in [0.717, 1.165) is 12.3 Å². The highest BCUT2D eigenvalue weighted by Gasteiger charge is 2.13. The molecule has 0 aromatic heterocycles. The molecule has 0 spiro atoms. The second-order valence-corrected chi connectivity index (χ2v) is 2.85. The first kappa shape index (κ1) is 6.41. The summed E-state index contributed by atoms with van der Waals surface area (Å²) in [4.78, 5) is 0. The van der Waals surface area contributed by atoms with Gasteiger partial charge in [0, 0.05) is 0 Å². The van der Waals surface area contributed by atoms with Gasteiger partial charge in [-0.05, 0) is 12.3 Å². The summed E-state index contributed by atoms with van der Waals surface area (Å²) in [7, 11) is 0. The topological polar surface area (TPSA) is 0 Å². The predicted molar refractivity (Wildman–Crippen MR) is 36.7 cm³/mol. The second-order valence-electron chi connectivity index (χ2n) is 2.54. The van der Waals surface area contributed by atoms with Crippen molar-refractivity contribution in [2.24, 2.45) is 5.92 Å². The molecule has 1 heteroatoms. The molecule has 1 aliphatic rings. The molecule has 1 fully saturated rings. The molecule has 0 bridgehead atoms. The average molecular weight is 132 g/mol. The van der Waals surface area contributed by atoms with E-state index in [0.29, 0.717) is 0 Å². The number of rotatable bonds is 2. The van der Waals surface area contributed by atoms with Crippen LogP contribution in [0.2, 0.25) is 0 Å². The van der Waals surface area contributed by atoms with E-state index in [9.17, 15) is 0 Å². The fourth-order valence-electron chi connectivity index (χ4n) is 1.37. The van der Waals surface area contributed by atoms with Crippen molar-refractivity contribution in [2.75, 3.05) is 0 Å². The van der Waals surface area contributed by atoms with Crippen LogP contribution in [0.4, 0.5) is 0 Å². The Morgan fingerprint density at radius 2 is 2.00 bits per heavy atom. The van der Waals surface area contributed by atoms with Crippen molar-refractivity contribution >= 4 is 11.6 Å². The van der Waals surface area contributed by atoms with E-state index in [1.54, 1.807) is 5.88 Å². The molecule has 0 aliphatic heterocycles. The third-order valence-corrected chi connectivity index (χ3v) is 2.08. The molecule has 0 amide bonds. The Morgan fingerprint density at radius 1 is 1.38 bits per heavy atom. The summed E-state index contributed by atoms with van der Waals surface area (Å²) in [5, 5.41) is 0. The zero-order valence-corrected chi connectivity index (χ0v) is 5.82. The van der Waals surface area contributed by atoms with Gasteiger partial charge in [0.05, 0.1) is 5.88 Å². The maximum Gasteiger partial charge on any atom is 0.0502 e. The van der Waals surface area contributed by atoms with Crippen molar-refractivity contribution in [3.63, 3.8) is 0 Å². The van der Waals surface area contributed by atoms with Crippen molar-refractivity contribution in [2.45, 2.75) is 32.1 Å². The zero-order chi connectivity index (χ0) is 5.82. The number of hydrogen-bond donors (Lipinski definition) is 0. The molecule has 47 valence electrons. The highest BCUT2D eigenvalue weighted by molar-refractivity contribution is 6.23. The highest BCUT2D eigenvalue weighted by atomic mass is 35.5. The molecule has 1 radical (unpaired) electrons. The minimum Gasteiger partial charge on any atom is -0.121 e. The molecule has 0 aromatic rings. The Balaban J connectivity index is 2.06. The van der Waals surface area contributed by atoms with Crippen LogP contribution in [0.25, 0.3) is 0 Å². The summed E-state index contributed by atoms with van der Waals surface area (Å²) in [6.45, 7) is 0. The van der Waals surface area contributed by atoms with Crippen molar-refractivity contribution < 1.29 is 0 Å². The molecule has 0 nitrogen and oxygen atoms in total. The van der Waals surface area contributed by atoms with E-state index in [-0.39, 0.29) is 0 Å². The molecule has 1 rings (SSSR count). The van der Waals surface area contributed by atoms with Gasteiger partial charge in [0.2, 0.25) is 0 Å². The lowest BCUT2D eigenvalue weighted by Gasteiger charge is -2.02. The van der Waals surface area contributed by atoms with Gasteiger partial charge in [0.1, 0.15) is 0 Å². The van der Waals surface area contributed by atoms with Gasteiger partial charge in [0.15, 0.2) is 0 Å². The van der Waals surface area contributed by atoms with Crippen LogP contribution in [-0.4, -0.2) is 0 Å². The van der Waals surface area contributed by atoms with Crippen LogP contribution < -0.4 is 0 Å². The summed E-state index contributed by atoms with van der Waals surface area (Å²) in [6.07, 6.45) is 6.79. The Hall–Kier alpha value is 0.290. The normalized spacial score (nSPS) is 22.1. The van der Waals surface area contributed by atoms with E-state index >= 15 is 0 Å². The van der Waals surface area contributed by atoms with Crippen molar-refractivity contribution in [3.8, 4) is 0 Å². The van der Waals surface area contributed by atoms with Gasteiger partial charge in [-0.1, -0.05) is 25.7 Å². The first-order valence-corrected chi connectivity index (χ1v) is 3.79. The lowest BCUT2D eigenvalue weighted by molar-refractivity contribution is 0.551. The Bertz CT molecular complexity index is 55.4. The second kappa shape index (κ2) is 3.34. The maximum atomic E-state index is 5.46. The summed E-state index contributed by atoms with van der Waals surface area (Å²) < 4.78 is 0. The van der Waals surface area contributed by atoms with Gasteiger partial charge in [-0.25, -0.2) is 0 Å². The molecule has 0 heterocycles. The van der Waals surface area contributed by atoms with Crippen LogP contribution in [0.15, 0.2) is 0 Å². The van der Waals surface area contributed by atoms with E-state index in [1.807, 2.05) is 0 Å². The Kier molecular flexibility index (Phi) is 2.68. The van der Waals surface area contributed by atoms with Gasteiger partial charge in [-0.2, -0.15) is 0 Å². The van der Waals surface area contributed by atoms with Crippen LogP contribution in [0.3, 0.4) is 0 Å². The van der Waals surface area contributed by atoms with Gasteiger partial charge in [-0.3, -0.25) is 0 Å². The largest absolute Gasteiger partial charge is 0.121 e. The van der Waals surface area contributed by atoms with Crippen LogP contribution in [-0.2, 0) is 0 Å². The first-order chi connectivity index (χ1) is 3.93. The summed E-state index contributed by atoms with van der Waals surface area (Å²) >= 11 is 5.46. The molecule has 0 unspecified atom stereocenters. The van der Waals surface area contributed by atoms with E-state index in [4.69, 9.17) is 11.6 Å². The monoisotopic (exact) mass is 131 g/mol. The molecular formula is C7H12Cl. The lowest BCUT2D eigenvalue weighted by Crippen LogP contribution is -1.89. The molecular weight excluding hydrogens is 120 g/mol.